The molecule has 0 saturated carbocycles. The lowest BCUT2D eigenvalue weighted by Gasteiger charge is -2.13. The van der Waals surface area contributed by atoms with Crippen LogP contribution < -0.4 is 5.73 Å². The summed E-state index contributed by atoms with van der Waals surface area (Å²) < 4.78 is 2.30. The topological polar surface area (TPSA) is 56.7 Å². The maximum absolute atomic E-state index is 5.91. The van der Waals surface area contributed by atoms with E-state index in [-0.39, 0.29) is 6.04 Å². The fourth-order valence-electron chi connectivity index (χ4n) is 0.953. The molecule has 1 heterocycles. The third kappa shape index (κ3) is 1.84. The molecule has 0 aliphatic rings. The van der Waals surface area contributed by atoms with Crippen LogP contribution in [0.25, 0.3) is 0 Å². The quantitative estimate of drug-likeness (QED) is 0.835. The molecule has 0 aromatic carbocycles. The summed E-state index contributed by atoms with van der Waals surface area (Å²) >= 11 is 3.20. The van der Waals surface area contributed by atoms with Crippen molar-refractivity contribution in [1.82, 2.24) is 14.8 Å². The van der Waals surface area contributed by atoms with Crippen molar-refractivity contribution >= 4 is 15.9 Å². The third-order valence-corrected chi connectivity index (χ3v) is 2.12. The first-order chi connectivity index (χ1) is 5.52. The van der Waals surface area contributed by atoms with E-state index in [0.29, 0.717) is 10.7 Å². The maximum Gasteiger partial charge on any atom is 0.217 e. The fraction of sp³-hybridized carbons (Fsp3) is 0.714. The van der Waals surface area contributed by atoms with Crippen molar-refractivity contribution in [2.75, 3.05) is 0 Å². The second kappa shape index (κ2) is 3.53. The first-order valence-corrected chi connectivity index (χ1v) is 4.63. The molecule has 2 N–H and O–H groups in total. The number of aromatic nitrogens is 3. The summed E-state index contributed by atoms with van der Waals surface area (Å²) in [7, 11) is 1.84. The van der Waals surface area contributed by atoms with Crippen LogP contribution in [-0.2, 0) is 7.05 Å². The molecule has 4 nitrogen and oxygen atoms in total. The molecule has 1 atom stereocenters. The molecule has 0 bridgehead atoms. The van der Waals surface area contributed by atoms with E-state index in [1.54, 1.807) is 4.68 Å². The molecule has 0 aliphatic carbocycles. The molecule has 0 saturated heterocycles. The van der Waals surface area contributed by atoms with E-state index in [1.807, 2.05) is 7.05 Å². The van der Waals surface area contributed by atoms with Crippen LogP contribution in [0.3, 0.4) is 0 Å². The van der Waals surface area contributed by atoms with Crippen LogP contribution in [0, 0.1) is 5.92 Å². The molecule has 12 heavy (non-hydrogen) atoms. The zero-order valence-electron chi connectivity index (χ0n) is 7.45. The minimum absolute atomic E-state index is 0.0474. The smallest absolute Gasteiger partial charge is 0.217 e. The maximum atomic E-state index is 5.91. The Labute approximate surface area is 80.3 Å². The molecule has 0 radical (unpaired) electrons. The Morgan fingerprint density at radius 2 is 2.08 bits per heavy atom. The van der Waals surface area contributed by atoms with Crippen molar-refractivity contribution in [3.05, 3.63) is 10.6 Å². The highest BCUT2D eigenvalue weighted by molar-refractivity contribution is 9.10. The lowest BCUT2D eigenvalue weighted by Crippen LogP contribution is -2.20. The van der Waals surface area contributed by atoms with Gasteiger partial charge in [-0.3, -0.25) is 4.68 Å². The number of nitrogens with two attached hydrogens (primary N) is 1. The van der Waals surface area contributed by atoms with Gasteiger partial charge in [-0.2, -0.15) is 0 Å². The van der Waals surface area contributed by atoms with Gasteiger partial charge in [0.15, 0.2) is 0 Å². The van der Waals surface area contributed by atoms with Crippen molar-refractivity contribution in [2.45, 2.75) is 19.9 Å². The predicted molar refractivity (Wildman–Crippen MR) is 50.5 cm³/mol. The van der Waals surface area contributed by atoms with Gasteiger partial charge in [-0.25, -0.2) is 4.98 Å². The Bertz CT molecular complexity index is 268. The number of rotatable bonds is 2. The van der Waals surface area contributed by atoms with Gasteiger partial charge in [-0.1, -0.05) is 13.8 Å². The molecule has 5 heteroatoms. The van der Waals surface area contributed by atoms with Crippen LogP contribution >= 0.6 is 15.9 Å². The van der Waals surface area contributed by atoms with Crippen LogP contribution in [0.4, 0.5) is 0 Å². The van der Waals surface area contributed by atoms with Gasteiger partial charge >= 0.3 is 0 Å². The number of aryl methyl sites for hydroxylation is 1. The molecular formula is C7H13BrN4. The predicted octanol–water partition coefficient (Wildman–Crippen LogP) is 1.23. The molecular weight excluding hydrogens is 220 g/mol. The van der Waals surface area contributed by atoms with Crippen LogP contribution in [-0.4, -0.2) is 14.8 Å². The van der Waals surface area contributed by atoms with Crippen LogP contribution in [0.1, 0.15) is 25.7 Å². The number of halogens is 1. The van der Waals surface area contributed by atoms with Crippen LogP contribution in [0.15, 0.2) is 4.73 Å². The van der Waals surface area contributed by atoms with Gasteiger partial charge in [0.05, 0.1) is 6.04 Å². The molecule has 0 aliphatic heterocycles. The normalized spacial score (nSPS) is 13.8. The van der Waals surface area contributed by atoms with E-state index in [9.17, 15) is 0 Å². The van der Waals surface area contributed by atoms with Crippen molar-refractivity contribution < 1.29 is 0 Å². The highest BCUT2D eigenvalue weighted by Crippen LogP contribution is 2.17. The van der Waals surface area contributed by atoms with Gasteiger partial charge in [-0.15, -0.1) is 5.10 Å². The van der Waals surface area contributed by atoms with Gasteiger partial charge in [0.2, 0.25) is 4.73 Å². The number of nitrogens with zero attached hydrogens (tertiary/aromatic N) is 3. The van der Waals surface area contributed by atoms with Crippen LogP contribution in [0.2, 0.25) is 0 Å². The summed E-state index contributed by atoms with van der Waals surface area (Å²) in [5.74, 6) is 1.19. The van der Waals surface area contributed by atoms with Crippen molar-refractivity contribution in [3.63, 3.8) is 0 Å². The second-order valence-corrected chi connectivity index (χ2v) is 3.84. The van der Waals surface area contributed by atoms with Gasteiger partial charge in [0.25, 0.3) is 0 Å². The lowest BCUT2D eigenvalue weighted by molar-refractivity contribution is 0.469. The van der Waals surface area contributed by atoms with E-state index in [1.165, 1.54) is 0 Å². The van der Waals surface area contributed by atoms with Crippen molar-refractivity contribution in [1.29, 1.82) is 0 Å². The molecule has 1 aromatic heterocycles. The zero-order valence-corrected chi connectivity index (χ0v) is 9.04. The summed E-state index contributed by atoms with van der Waals surface area (Å²) in [4.78, 5) is 4.17. The fourth-order valence-corrected chi connectivity index (χ4v) is 1.37. The largest absolute Gasteiger partial charge is 0.321 e. The average molecular weight is 233 g/mol. The standard InChI is InChI=1S/C7H13BrN4/c1-4(2)5(9)6-10-7(8)11-12(6)3/h4-5H,9H2,1-3H3/t5-/m0/s1. The average Bonchev–Trinajstić information content (AvgIpc) is 2.28. The van der Waals surface area contributed by atoms with E-state index in [0.717, 1.165) is 5.82 Å². The number of hydrogen-bond acceptors (Lipinski definition) is 3. The summed E-state index contributed by atoms with van der Waals surface area (Å²) in [5.41, 5.74) is 5.91. The van der Waals surface area contributed by atoms with E-state index in [4.69, 9.17) is 5.73 Å². The Morgan fingerprint density at radius 1 is 1.50 bits per heavy atom. The van der Waals surface area contributed by atoms with Gasteiger partial charge < -0.3 is 5.73 Å². The summed E-state index contributed by atoms with van der Waals surface area (Å²) in [6, 6.07) is -0.0474. The molecule has 68 valence electrons. The zero-order chi connectivity index (χ0) is 9.30. The monoisotopic (exact) mass is 232 g/mol. The first kappa shape index (κ1) is 9.67. The van der Waals surface area contributed by atoms with E-state index < -0.39 is 0 Å². The Kier molecular flexibility index (Phi) is 2.85. The van der Waals surface area contributed by atoms with Crippen molar-refractivity contribution in [2.24, 2.45) is 18.7 Å². The van der Waals surface area contributed by atoms with Gasteiger partial charge in [0.1, 0.15) is 5.82 Å². The molecule has 0 unspecified atom stereocenters. The minimum Gasteiger partial charge on any atom is -0.321 e. The summed E-state index contributed by atoms with van der Waals surface area (Å²) in [6.45, 7) is 4.13. The SMILES string of the molecule is CC(C)[C@H](N)c1nc(Br)nn1C. The Hall–Kier alpha value is -0.420. The molecule has 1 rings (SSSR count). The Balaban J connectivity index is 2.94. The van der Waals surface area contributed by atoms with Crippen LogP contribution in [0.5, 0.6) is 0 Å². The number of hydrogen-bond donors (Lipinski definition) is 1. The van der Waals surface area contributed by atoms with E-state index >= 15 is 0 Å². The molecule has 0 amide bonds. The highest BCUT2D eigenvalue weighted by atomic mass is 79.9. The molecule has 0 fully saturated rings. The van der Waals surface area contributed by atoms with E-state index in [2.05, 4.69) is 39.9 Å². The third-order valence-electron chi connectivity index (χ3n) is 1.79. The lowest BCUT2D eigenvalue weighted by atomic mass is 10.1. The minimum atomic E-state index is -0.0474. The van der Waals surface area contributed by atoms with Crippen molar-refractivity contribution in [3.8, 4) is 0 Å². The van der Waals surface area contributed by atoms with Gasteiger partial charge in [-0.05, 0) is 21.8 Å². The summed E-state index contributed by atoms with van der Waals surface area (Å²) in [6.07, 6.45) is 0. The van der Waals surface area contributed by atoms with Gasteiger partial charge in [0, 0.05) is 7.05 Å². The molecule has 0 spiro atoms. The Morgan fingerprint density at radius 3 is 2.42 bits per heavy atom. The first-order valence-electron chi connectivity index (χ1n) is 3.84. The second-order valence-electron chi connectivity index (χ2n) is 3.13. The molecule has 1 aromatic rings. The highest BCUT2D eigenvalue weighted by Gasteiger charge is 2.16. The summed E-state index contributed by atoms with van der Waals surface area (Å²) in [5, 5.41) is 4.06.